The number of nitrogens with zero attached hydrogens (tertiary/aromatic N) is 2. The molecule has 0 saturated carbocycles. The smallest absolute Gasteiger partial charge is 0.163 e. The van der Waals surface area contributed by atoms with Crippen LogP contribution in [0.3, 0.4) is 0 Å². The van der Waals surface area contributed by atoms with Crippen molar-refractivity contribution in [2.45, 2.75) is 25.4 Å². The number of aromatic nitrogens is 2. The molecule has 1 aliphatic heterocycles. The SMILES string of the molecule is CNc1cc(C)nc(C2(OC)CCOCC2)n1. The van der Waals surface area contributed by atoms with Gasteiger partial charge in [-0.3, -0.25) is 0 Å². The molecule has 0 atom stereocenters. The minimum Gasteiger partial charge on any atom is -0.381 e. The van der Waals surface area contributed by atoms with Crippen molar-refractivity contribution in [3.63, 3.8) is 0 Å². The van der Waals surface area contributed by atoms with E-state index in [9.17, 15) is 0 Å². The minimum absolute atomic E-state index is 0.393. The summed E-state index contributed by atoms with van der Waals surface area (Å²) in [6.45, 7) is 3.36. The molecule has 5 heteroatoms. The Hall–Kier alpha value is -1.20. The molecule has 0 amide bonds. The van der Waals surface area contributed by atoms with Crippen LogP contribution in [-0.4, -0.2) is 37.3 Å². The Bertz CT molecular complexity index is 389. The van der Waals surface area contributed by atoms with Crippen LogP contribution in [-0.2, 0) is 15.1 Å². The predicted octanol–water partition coefficient (Wildman–Crippen LogP) is 1.48. The molecule has 1 N–H and O–H groups in total. The molecule has 0 spiro atoms. The molecule has 94 valence electrons. The van der Waals surface area contributed by atoms with E-state index in [4.69, 9.17) is 9.47 Å². The highest BCUT2D eigenvalue weighted by Gasteiger charge is 2.37. The molecule has 0 radical (unpaired) electrons. The van der Waals surface area contributed by atoms with E-state index in [0.717, 1.165) is 30.2 Å². The summed E-state index contributed by atoms with van der Waals surface area (Å²) in [6.07, 6.45) is 1.60. The van der Waals surface area contributed by atoms with Crippen molar-refractivity contribution in [3.8, 4) is 0 Å². The maximum absolute atomic E-state index is 5.69. The zero-order chi connectivity index (χ0) is 12.3. The zero-order valence-electron chi connectivity index (χ0n) is 10.6. The molecule has 0 bridgehead atoms. The van der Waals surface area contributed by atoms with E-state index in [1.54, 1.807) is 7.11 Å². The van der Waals surface area contributed by atoms with Gasteiger partial charge in [-0.25, -0.2) is 9.97 Å². The van der Waals surface area contributed by atoms with Crippen LogP contribution in [0.25, 0.3) is 0 Å². The Labute approximate surface area is 102 Å². The van der Waals surface area contributed by atoms with Gasteiger partial charge in [0.25, 0.3) is 0 Å². The second-order valence-electron chi connectivity index (χ2n) is 4.28. The van der Waals surface area contributed by atoms with Crippen LogP contribution in [0.1, 0.15) is 24.4 Å². The average Bonchev–Trinajstić information content (AvgIpc) is 2.38. The number of ether oxygens (including phenoxy) is 2. The van der Waals surface area contributed by atoms with Crippen LogP contribution in [0.2, 0.25) is 0 Å². The lowest BCUT2D eigenvalue weighted by molar-refractivity contribution is -0.1000. The minimum atomic E-state index is -0.393. The first-order valence-electron chi connectivity index (χ1n) is 5.87. The largest absolute Gasteiger partial charge is 0.381 e. The highest BCUT2D eigenvalue weighted by atomic mass is 16.5. The molecule has 1 saturated heterocycles. The second-order valence-corrected chi connectivity index (χ2v) is 4.28. The summed E-state index contributed by atoms with van der Waals surface area (Å²) >= 11 is 0. The van der Waals surface area contributed by atoms with Crippen molar-refractivity contribution < 1.29 is 9.47 Å². The molecule has 0 aliphatic carbocycles. The molecule has 1 fully saturated rings. The molecular formula is C12H19N3O2. The summed E-state index contributed by atoms with van der Waals surface area (Å²) < 4.78 is 11.1. The summed E-state index contributed by atoms with van der Waals surface area (Å²) in [4.78, 5) is 9.03. The van der Waals surface area contributed by atoms with Gasteiger partial charge < -0.3 is 14.8 Å². The molecule has 2 heterocycles. The highest BCUT2D eigenvalue weighted by Crippen LogP contribution is 2.33. The molecule has 1 aliphatic rings. The summed E-state index contributed by atoms with van der Waals surface area (Å²) in [6, 6.07) is 1.92. The quantitative estimate of drug-likeness (QED) is 0.863. The second kappa shape index (κ2) is 4.98. The standard InChI is InChI=1S/C12H19N3O2/c1-9-8-10(13-2)15-11(14-9)12(16-3)4-6-17-7-5-12/h8H,4-7H2,1-3H3,(H,13,14,15). The summed E-state index contributed by atoms with van der Waals surface area (Å²) in [5.41, 5.74) is 0.554. The van der Waals surface area contributed by atoms with E-state index >= 15 is 0 Å². The Morgan fingerprint density at radius 1 is 1.35 bits per heavy atom. The fourth-order valence-corrected chi connectivity index (χ4v) is 2.12. The van der Waals surface area contributed by atoms with Gasteiger partial charge in [0, 0.05) is 52.0 Å². The molecule has 5 nitrogen and oxygen atoms in total. The predicted molar refractivity (Wildman–Crippen MR) is 65.1 cm³/mol. The van der Waals surface area contributed by atoms with Crippen molar-refractivity contribution in [2.75, 3.05) is 32.7 Å². The van der Waals surface area contributed by atoms with Crippen molar-refractivity contribution in [3.05, 3.63) is 17.6 Å². The number of anilines is 1. The molecule has 2 rings (SSSR count). The van der Waals surface area contributed by atoms with Crippen molar-refractivity contribution >= 4 is 5.82 Å². The van der Waals surface area contributed by atoms with Crippen LogP contribution >= 0.6 is 0 Å². The third kappa shape index (κ3) is 2.40. The lowest BCUT2D eigenvalue weighted by Crippen LogP contribution is -2.37. The first-order chi connectivity index (χ1) is 8.20. The van der Waals surface area contributed by atoms with Crippen molar-refractivity contribution in [2.24, 2.45) is 0 Å². The van der Waals surface area contributed by atoms with Gasteiger partial charge in [-0.05, 0) is 6.92 Å². The fraction of sp³-hybridized carbons (Fsp3) is 0.667. The maximum Gasteiger partial charge on any atom is 0.163 e. The molecular weight excluding hydrogens is 218 g/mol. The fourth-order valence-electron chi connectivity index (χ4n) is 2.12. The monoisotopic (exact) mass is 237 g/mol. The van der Waals surface area contributed by atoms with E-state index in [0.29, 0.717) is 13.2 Å². The molecule has 17 heavy (non-hydrogen) atoms. The van der Waals surface area contributed by atoms with Gasteiger partial charge >= 0.3 is 0 Å². The van der Waals surface area contributed by atoms with Gasteiger partial charge in [0.15, 0.2) is 5.82 Å². The lowest BCUT2D eigenvalue weighted by atomic mass is 9.93. The topological polar surface area (TPSA) is 56.3 Å². The van der Waals surface area contributed by atoms with E-state index in [1.807, 2.05) is 20.0 Å². The first kappa shape index (κ1) is 12.3. The van der Waals surface area contributed by atoms with Crippen LogP contribution in [0.15, 0.2) is 6.07 Å². The molecule has 0 unspecified atom stereocenters. The summed E-state index contributed by atoms with van der Waals surface area (Å²) in [5.74, 6) is 1.59. The Kier molecular flexibility index (Phi) is 3.59. The number of nitrogens with one attached hydrogen (secondary N) is 1. The average molecular weight is 237 g/mol. The Balaban J connectivity index is 2.38. The van der Waals surface area contributed by atoms with Crippen LogP contribution in [0.4, 0.5) is 5.82 Å². The Morgan fingerprint density at radius 2 is 2.06 bits per heavy atom. The van der Waals surface area contributed by atoms with Crippen molar-refractivity contribution in [1.29, 1.82) is 0 Å². The first-order valence-corrected chi connectivity index (χ1v) is 5.87. The molecule has 1 aromatic heterocycles. The van der Waals surface area contributed by atoms with Gasteiger partial charge in [-0.15, -0.1) is 0 Å². The van der Waals surface area contributed by atoms with Gasteiger partial charge in [0.2, 0.25) is 0 Å². The van der Waals surface area contributed by atoms with E-state index < -0.39 is 5.60 Å². The summed E-state index contributed by atoms with van der Waals surface area (Å²) in [5, 5.41) is 3.05. The van der Waals surface area contributed by atoms with Crippen LogP contribution < -0.4 is 5.32 Å². The van der Waals surface area contributed by atoms with E-state index in [2.05, 4.69) is 15.3 Å². The number of hydrogen-bond donors (Lipinski definition) is 1. The van der Waals surface area contributed by atoms with E-state index in [1.165, 1.54) is 0 Å². The normalized spacial score (nSPS) is 19.0. The maximum atomic E-state index is 5.69. The van der Waals surface area contributed by atoms with Gasteiger partial charge in [-0.2, -0.15) is 0 Å². The van der Waals surface area contributed by atoms with Crippen LogP contribution in [0.5, 0.6) is 0 Å². The van der Waals surface area contributed by atoms with Gasteiger partial charge in [-0.1, -0.05) is 0 Å². The van der Waals surface area contributed by atoms with Gasteiger partial charge in [0.05, 0.1) is 0 Å². The van der Waals surface area contributed by atoms with Gasteiger partial charge in [0.1, 0.15) is 11.4 Å². The number of methoxy groups -OCH3 is 1. The number of aryl methyl sites for hydroxylation is 1. The van der Waals surface area contributed by atoms with Crippen LogP contribution in [0, 0.1) is 6.92 Å². The third-order valence-electron chi connectivity index (χ3n) is 3.21. The lowest BCUT2D eigenvalue weighted by Gasteiger charge is -2.34. The molecule has 1 aromatic rings. The summed E-state index contributed by atoms with van der Waals surface area (Å²) in [7, 11) is 3.57. The van der Waals surface area contributed by atoms with Crippen molar-refractivity contribution in [1.82, 2.24) is 9.97 Å². The highest BCUT2D eigenvalue weighted by molar-refractivity contribution is 5.35. The van der Waals surface area contributed by atoms with E-state index in [-0.39, 0.29) is 0 Å². The number of rotatable bonds is 3. The zero-order valence-corrected chi connectivity index (χ0v) is 10.6. The Morgan fingerprint density at radius 3 is 2.65 bits per heavy atom. The number of hydrogen-bond acceptors (Lipinski definition) is 5. The molecule has 0 aromatic carbocycles. The third-order valence-corrected chi connectivity index (χ3v) is 3.21.